The van der Waals surface area contributed by atoms with Crippen LogP contribution < -0.4 is 5.32 Å². The molecule has 3 rings (SSSR count). The van der Waals surface area contributed by atoms with Crippen molar-refractivity contribution in [2.75, 3.05) is 18.1 Å². The zero-order valence-electron chi connectivity index (χ0n) is 13.9. The Morgan fingerprint density at radius 1 is 1.27 bits per heavy atom. The molecule has 0 aromatic heterocycles. The molecule has 0 aliphatic carbocycles. The summed E-state index contributed by atoms with van der Waals surface area (Å²) < 4.78 is 22.8. The van der Waals surface area contributed by atoms with Crippen LogP contribution >= 0.6 is 11.8 Å². The number of imide groups is 1. The molecule has 3 amide bonds. The minimum absolute atomic E-state index is 0.0257. The second-order valence-corrected chi connectivity index (χ2v) is 9.38. The van der Waals surface area contributed by atoms with E-state index in [1.54, 1.807) is 6.08 Å². The highest BCUT2D eigenvalue weighted by atomic mass is 32.2. The maximum Gasteiger partial charge on any atom is 0.293 e. The molecular formula is C17H18N2O5S2. The molecule has 0 bridgehead atoms. The van der Waals surface area contributed by atoms with Crippen LogP contribution in [0.5, 0.6) is 0 Å². The first-order valence-electron chi connectivity index (χ1n) is 8.14. The van der Waals surface area contributed by atoms with Gasteiger partial charge < -0.3 is 5.32 Å². The van der Waals surface area contributed by atoms with Crippen molar-refractivity contribution >= 4 is 44.7 Å². The minimum atomic E-state index is -3.07. The lowest BCUT2D eigenvalue weighted by Crippen LogP contribution is -2.38. The van der Waals surface area contributed by atoms with E-state index in [0.29, 0.717) is 11.3 Å². The molecule has 0 radical (unpaired) electrons. The van der Waals surface area contributed by atoms with E-state index in [1.807, 2.05) is 30.3 Å². The monoisotopic (exact) mass is 394 g/mol. The number of hydrogen-bond acceptors (Lipinski definition) is 6. The highest BCUT2D eigenvalue weighted by Crippen LogP contribution is 2.32. The summed E-state index contributed by atoms with van der Waals surface area (Å²) >= 11 is 0.848. The average Bonchev–Trinajstić information content (AvgIpc) is 3.06. The number of sulfone groups is 1. The van der Waals surface area contributed by atoms with Crippen LogP contribution in [-0.2, 0) is 19.4 Å². The van der Waals surface area contributed by atoms with Gasteiger partial charge >= 0.3 is 0 Å². The number of nitrogens with zero attached hydrogens (tertiary/aromatic N) is 1. The van der Waals surface area contributed by atoms with Crippen molar-refractivity contribution in [1.82, 2.24) is 10.2 Å². The highest BCUT2D eigenvalue weighted by Gasteiger charge is 2.35. The van der Waals surface area contributed by atoms with Crippen LogP contribution in [-0.4, -0.2) is 54.5 Å². The van der Waals surface area contributed by atoms with Crippen molar-refractivity contribution in [1.29, 1.82) is 0 Å². The third-order valence-corrected chi connectivity index (χ3v) is 6.81. The molecule has 1 aromatic rings. The molecule has 2 aliphatic rings. The first kappa shape index (κ1) is 18.7. The summed E-state index contributed by atoms with van der Waals surface area (Å²) in [5, 5.41) is 2.24. The number of amides is 3. The summed E-state index contributed by atoms with van der Waals surface area (Å²) in [5.74, 6) is -0.760. The van der Waals surface area contributed by atoms with Gasteiger partial charge in [0.15, 0.2) is 9.84 Å². The van der Waals surface area contributed by atoms with E-state index in [-0.39, 0.29) is 36.4 Å². The van der Waals surface area contributed by atoms with E-state index in [4.69, 9.17) is 0 Å². The van der Waals surface area contributed by atoms with Gasteiger partial charge in [0.2, 0.25) is 5.91 Å². The van der Waals surface area contributed by atoms with E-state index in [2.05, 4.69) is 5.32 Å². The van der Waals surface area contributed by atoms with Crippen LogP contribution in [0.25, 0.3) is 6.08 Å². The SMILES string of the molecule is O=C(CCN1C(=O)SC(=Cc2ccccc2)C1=O)NC1CCS(=O)(=O)C1. The number of rotatable bonds is 5. The molecule has 1 atom stereocenters. The molecule has 2 aliphatic heterocycles. The predicted octanol–water partition coefficient (Wildman–Crippen LogP) is 1.42. The summed E-state index contributed by atoms with van der Waals surface area (Å²) in [6, 6.07) is 8.80. The van der Waals surface area contributed by atoms with Gasteiger partial charge in [-0.15, -0.1) is 0 Å². The Balaban J connectivity index is 1.55. The Hall–Kier alpha value is -2.13. The van der Waals surface area contributed by atoms with Crippen molar-refractivity contribution in [3.63, 3.8) is 0 Å². The number of carbonyl (C=O) groups excluding carboxylic acids is 3. The average molecular weight is 394 g/mol. The predicted molar refractivity (Wildman–Crippen MR) is 98.9 cm³/mol. The molecule has 2 saturated heterocycles. The van der Waals surface area contributed by atoms with Gasteiger partial charge in [0.05, 0.1) is 16.4 Å². The van der Waals surface area contributed by atoms with Crippen molar-refractivity contribution in [3.8, 4) is 0 Å². The van der Waals surface area contributed by atoms with Gasteiger partial charge in [0, 0.05) is 19.0 Å². The lowest BCUT2D eigenvalue weighted by atomic mass is 10.2. The molecule has 7 nitrogen and oxygen atoms in total. The number of hydrogen-bond donors (Lipinski definition) is 1. The standard InChI is InChI=1S/C17H18N2O5S2/c20-15(18-13-7-9-26(23,24)11-13)6-8-19-16(21)14(25-17(19)22)10-12-4-2-1-3-5-12/h1-5,10,13H,6-9,11H2,(H,18,20). The fraction of sp³-hybridized carbons (Fsp3) is 0.353. The maximum absolute atomic E-state index is 12.4. The summed E-state index contributed by atoms with van der Waals surface area (Å²) in [6.07, 6.45) is 2.00. The molecule has 0 spiro atoms. The fourth-order valence-electron chi connectivity index (χ4n) is 2.82. The second-order valence-electron chi connectivity index (χ2n) is 6.16. The van der Waals surface area contributed by atoms with Gasteiger partial charge in [-0.05, 0) is 29.8 Å². The summed E-state index contributed by atoms with van der Waals surface area (Å²) in [4.78, 5) is 37.8. The largest absolute Gasteiger partial charge is 0.352 e. The van der Waals surface area contributed by atoms with E-state index < -0.39 is 21.0 Å². The molecule has 2 fully saturated rings. The van der Waals surface area contributed by atoms with Gasteiger partial charge in [-0.2, -0.15) is 0 Å². The molecular weight excluding hydrogens is 376 g/mol. The quantitative estimate of drug-likeness (QED) is 0.758. The molecule has 1 N–H and O–H groups in total. The van der Waals surface area contributed by atoms with Crippen molar-refractivity contribution in [2.24, 2.45) is 0 Å². The first-order chi connectivity index (χ1) is 12.3. The van der Waals surface area contributed by atoms with Crippen LogP contribution in [0, 0.1) is 0 Å². The van der Waals surface area contributed by atoms with E-state index in [1.165, 1.54) is 0 Å². The van der Waals surface area contributed by atoms with Crippen molar-refractivity contribution in [3.05, 3.63) is 40.8 Å². The van der Waals surface area contributed by atoms with Crippen molar-refractivity contribution < 1.29 is 22.8 Å². The lowest BCUT2D eigenvalue weighted by Gasteiger charge is -2.14. The Labute approximate surface area is 155 Å². The maximum atomic E-state index is 12.4. The molecule has 1 aromatic carbocycles. The molecule has 9 heteroatoms. The Morgan fingerprint density at radius 2 is 2.00 bits per heavy atom. The molecule has 2 heterocycles. The smallest absolute Gasteiger partial charge is 0.293 e. The highest BCUT2D eigenvalue weighted by molar-refractivity contribution is 8.18. The van der Waals surface area contributed by atoms with Crippen LogP contribution in [0.15, 0.2) is 35.2 Å². The first-order valence-corrected chi connectivity index (χ1v) is 10.8. The van der Waals surface area contributed by atoms with Gasteiger partial charge in [0.25, 0.3) is 11.1 Å². The van der Waals surface area contributed by atoms with Gasteiger partial charge in [-0.25, -0.2) is 8.42 Å². The van der Waals surface area contributed by atoms with Gasteiger partial charge in [0.1, 0.15) is 0 Å². The molecule has 26 heavy (non-hydrogen) atoms. The Bertz CT molecular complexity index is 864. The summed E-state index contributed by atoms with van der Waals surface area (Å²) in [6.45, 7) is -0.0257. The topological polar surface area (TPSA) is 101 Å². The molecule has 0 saturated carbocycles. The van der Waals surface area contributed by atoms with Crippen LogP contribution in [0.2, 0.25) is 0 Å². The van der Waals surface area contributed by atoms with Crippen LogP contribution in [0.4, 0.5) is 4.79 Å². The Morgan fingerprint density at radius 3 is 2.65 bits per heavy atom. The fourth-order valence-corrected chi connectivity index (χ4v) is 5.35. The van der Waals surface area contributed by atoms with Crippen LogP contribution in [0.3, 0.4) is 0 Å². The third kappa shape index (κ3) is 4.53. The summed E-state index contributed by atoms with van der Waals surface area (Å²) in [7, 11) is -3.07. The van der Waals surface area contributed by atoms with Gasteiger partial charge in [-0.1, -0.05) is 30.3 Å². The summed E-state index contributed by atoms with van der Waals surface area (Å²) in [5.41, 5.74) is 0.818. The zero-order valence-corrected chi connectivity index (χ0v) is 15.5. The number of nitrogens with one attached hydrogen (secondary N) is 1. The normalized spacial score (nSPS) is 23.6. The second kappa shape index (κ2) is 7.63. The molecule has 138 valence electrons. The lowest BCUT2D eigenvalue weighted by molar-refractivity contribution is -0.124. The van der Waals surface area contributed by atoms with Crippen molar-refractivity contribution in [2.45, 2.75) is 18.9 Å². The Kier molecular flexibility index (Phi) is 5.47. The van der Waals surface area contributed by atoms with E-state index in [0.717, 1.165) is 22.2 Å². The van der Waals surface area contributed by atoms with E-state index in [9.17, 15) is 22.8 Å². The van der Waals surface area contributed by atoms with Gasteiger partial charge in [-0.3, -0.25) is 19.3 Å². The minimum Gasteiger partial charge on any atom is -0.352 e. The van der Waals surface area contributed by atoms with Crippen LogP contribution in [0.1, 0.15) is 18.4 Å². The zero-order chi connectivity index (χ0) is 18.7. The third-order valence-electron chi connectivity index (χ3n) is 4.13. The number of thioether (sulfide) groups is 1. The number of benzene rings is 1. The van der Waals surface area contributed by atoms with E-state index >= 15 is 0 Å². The number of carbonyl (C=O) groups is 3. The molecule has 1 unspecified atom stereocenters.